The topological polar surface area (TPSA) is 198 Å². The summed E-state index contributed by atoms with van der Waals surface area (Å²) in [6, 6.07) is 46.3. The van der Waals surface area contributed by atoms with E-state index in [9.17, 15) is 29.4 Å². The van der Waals surface area contributed by atoms with Gasteiger partial charge in [-0.1, -0.05) is 134 Å². The van der Waals surface area contributed by atoms with Crippen LogP contribution < -0.4 is 21.9 Å². The fraction of sp³-hybridized carbons (Fsp3) is 0.312. The van der Waals surface area contributed by atoms with E-state index in [4.69, 9.17) is 43.6 Å². The minimum Gasteiger partial charge on any atom is -0.508 e. The number of para-hydroxylation sites is 3. The molecule has 4 fully saturated rings. The van der Waals surface area contributed by atoms with Crippen molar-refractivity contribution in [2.45, 2.75) is 127 Å². The molecule has 13 nitrogen and oxygen atoms in total. The fourth-order valence-electron chi connectivity index (χ4n) is 13.2. The Hall–Kier alpha value is -7.06. The molecule has 4 N–H and O–H groups in total. The third-order valence-corrected chi connectivity index (χ3v) is 22.4. The Kier molecular flexibility index (Phi) is 26.2. The van der Waals surface area contributed by atoms with Crippen LogP contribution in [0.15, 0.2) is 164 Å². The maximum atomic E-state index is 12.6. The van der Waals surface area contributed by atoms with E-state index in [1.165, 1.54) is 133 Å². The molecule has 7 heterocycles. The summed E-state index contributed by atoms with van der Waals surface area (Å²) >= 11 is 22.8. The second kappa shape index (κ2) is 34.8. The predicted octanol–water partition coefficient (Wildman–Crippen LogP) is 21.0. The Morgan fingerprint density at radius 1 is 0.500 bits per heavy atom. The van der Waals surface area contributed by atoms with Gasteiger partial charge in [-0.2, -0.15) is 0 Å². The van der Waals surface area contributed by atoms with E-state index in [1.54, 1.807) is 37.3 Å². The summed E-state index contributed by atoms with van der Waals surface area (Å²) < 4.78 is 14.3. The molecule has 4 aliphatic rings. The molecule has 0 radical (unpaired) electrons. The number of benzene rings is 7. The van der Waals surface area contributed by atoms with E-state index in [0.29, 0.717) is 95.1 Å². The Bertz CT molecular complexity index is 4660. The van der Waals surface area contributed by atoms with Crippen molar-refractivity contribution in [3.05, 3.63) is 214 Å². The largest absolute Gasteiger partial charge is 0.508 e. The zero-order valence-electron chi connectivity index (χ0n) is 54.0. The van der Waals surface area contributed by atoms with Crippen molar-refractivity contribution in [2.75, 3.05) is 26.2 Å². The number of piperidine rings is 2. The standard InChI is InChI=1S/C22H18ClNO2S.C21H17ClN2O2S.C13H16O2.C11H15NO.C10H8ClNOS.2ClH/c23-17-7-4-8-19-20(17)24-21(27-19)16-11-15-10-9-14(12-18(15)26-22(16)25)13-5-2-1-3-6-13;22-16-2-1-3-18-19(16)24-20(27-18)15-10-14-5-4-13(11-17(14)26-21(15)25)12-6-8-23-9-7-12;14-9-12-7-6-11(8-13(12)15)10-4-2-1-3-5-10;13-11-3-1-2-10(8-11)9-4-6-12-7-5-9;1-6(13)5-9-12-10-7(11)3-2-4-8(10)14-9;;/h4,7-13H,1-3,5-6H2;1-5,10-12,23H,6-9H2;6-10,15H,1-5H2;1-3,8-9,12-13H,4-7H2;2-4H,5H2,1H3;2*1H. The van der Waals surface area contributed by atoms with Gasteiger partial charge in [0.2, 0.25) is 0 Å². The monoisotopic (exact) mass is 1470 g/mol. The highest BCUT2D eigenvalue weighted by Crippen LogP contribution is 2.39. The molecular weight excluding hydrogens is 1400 g/mol. The SMILES string of the molecule is CC(=O)Cc1nc2c(Cl)cccc2s1.Cl.Cl.O=Cc1ccc(C2CCCCC2)cc1O.O=c1oc2cc(C3CCCCC3)ccc2cc1-c1nc2c(Cl)cccc2s1.O=c1oc2cc(C3CCNCC3)ccc2cc1-c1nc2c(Cl)cccc2s1.Oc1cccc(C2CCNCC2)c1. The van der Waals surface area contributed by atoms with Crippen LogP contribution in [0.2, 0.25) is 15.1 Å². The van der Waals surface area contributed by atoms with Gasteiger partial charge >= 0.3 is 11.3 Å². The van der Waals surface area contributed by atoms with Crippen LogP contribution in [0.1, 0.15) is 158 Å². The number of aromatic hydroxyl groups is 2. The molecule has 2 aliphatic heterocycles. The quantitative estimate of drug-likeness (QED) is 0.0787. The van der Waals surface area contributed by atoms with Gasteiger partial charge in [-0.25, -0.2) is 24.5 Å². The van der Waals surface area contributed by atoms with E-state index >= 15 is 0 Å². The molecule has 0 bridgehead atoms. The number of nitrogens with one attached hydrogen (secondary N) is 2. The van der Waals surface area contributed by atoms with Gasteiger partial charge in [-0.3, -0.25) is 9.59 Å². The number of phenols is 2. The van der Waals surface area contributed by atoms with Gasteiger partial charge in [-0.05, 0) is 215 Å². The Morgan fingerprint density at radius 3 is 1.33 bits per heavy atom. The first-order valence-electron chi connectivity index (χ1n) is 33.0. The van der Waals surface area contributed by atoms with Crippen LogP contribution in [-0.2, 0) is 11.2 Å². The number of phenolic OH excluding ortho intramolecular Hbond substituents is 2. The predicted molar refractivity (Wildman–Crippen MR) is 409 cm³/mol. The van der Waals surface area contributed by atoms with Crippen molar-refractivity contribution in [1.82, 2.24) is 25.6 Å². The first kappa shape index (κ1) is 73.7. The van der Waals surface area contributed by atoms with Gasteiger partial charge in [0.15, 0.2) is 6.29 Å². The number of halogens is 5. The van der Waals surface area contributed by atoms with E-state index in [2.05, 4.69) is 49.9 Å². The van der Waals surface area contributed by atoms with Gasteiger partial charge in [0.1, 0.15) is 60.0 Å². The van der Waals surface area contributed by atoms with Crippen molar-refractivity contribution in [1.29, 1.82) is 0 Å². The molecule has 98 heavy (non-hydrogen) atoms. The van der Waals surface area contributed by atoms with Crippen LogP contribution in [-0.4, -0.2) is 63.4 Å². The molecule has 21 heteroatoms. The number of thiazole rings is 3. The lowest BCUT2D eigenvalue weighted by Crippen LogP contribution is -2.26. The third kappa shape index (κ3) is 18.3. The number of carbonyl (C=O) groups excluding carboxylic acids is 2. The van der Waals surface area contributed by atoms with Crippen molar-refractivity contribution in [3.8, 4) is 32.6 Å². The van der Waals surface area contributed by atoms with Crippen LogP contribution in [0.3, 0.4) is 0 Å². The summed E-state index contributed by atoms with van der Waals surface area (Å²) in [5.41, 5.74) is 9.18. The van der Waals surface area contributed by atoms with Crippen LogP contribution >= 0.6 is 93.6 Å². The smallest absolute Gasteiger partial charge is 0.346 e. The number of Topliss-reactive ketones (excluding diaryl/α,β-unsaturated/α-hetero) is 1. The highest BCUT2D eigenvalue weighted by molar-refractivity contribution is 7.22. The minimum absolute atomic E-state index is 0. The Morgan fingerprint density at radius 2 is 0.908 bits per heavy atom. The molecule has 510 valence electrons. The molecule has 0 spiro atoms. The number of carbonyl (C=O) groups is 2. The van der Waals surface area contributed by atoms with Gasteiger partial charge in [-0.15, -0.1) is 58.8 Å². The Balaban J connectivity index is 0.000000137. The van der Waals surface area contributed by atoms with Crippen molar-refractivity contribution in [2.24, 2.45) is 0 Å². The summed E-state index contributed by atoms with van der Waals surface area (Å²) in [5.74, 6) is 2.94. The first-order chi connectivity index (χ1) is 46.7. The first-order valence-corrected chi connectivity index (χ1v) is 36.6. The zero-order chi connectivity index (χ0) is 66.7. The van der Waals surface area contributed by atoms with Crippen LogP contribution in [0, 0.1) is 0 Å². The van der Waals surface area contributed by atoms with Crippen molar-refractivity contribution < 1.29 is 28.6 Å². The molecule has 2 aliphatic carbocycles. The normalized spacial score (nSPS) is 15.3. The minimum atomic E-state index is -0.361. The summed E-state index contributed by atoms with van der Waals surface area (Å²) in [7, 11) is 0. The fourth-order valence-corrected chi connectivity index (χ4v) is 17.1. The number of ketones is 1. The second-order valence-electron chi connectivity index (χ2n) is 25.0. The molecule has 0 amide bonds. The lowest BCUT2D eigenvalue weighted by atomic mass is 9.84. The summed E-state index contributed by atoms with van der Waals surface area (Å²) in [4.78, 5) is 60.2. The number of aldehydes is 1. The maximum absolute atomic E-state index is 12.6. The van der Waals surface area contributed by atoms with E-state index in [0.717, 1.165) is 85.5 Å². The van der Waals surface area contributed by atoms with Gasteiger partial charge in [0, 0.05) is 10.8 Å². The lowest BCUT2D eigenvalue weighted by molar-refractivity contribution is -0.116. The molecule has 2 saturated heterocycles. The molecule has 7 aromatic carbocycles. The van der Waals surface area contributed by atoms with E-state index in [1.807, 2.05) is 91.0 Å². The number of hydrogen-bond acceptors (Lipinski definition) is 16. The highest BCUT2D eigenvalue weighted by atomic mass is 35.5. The molecule has 0 atom stereocenters. The van der Waals surface area contributed by atoms with Crippen LogP contribution in [0.5, 0.6) is 11.5 Å². The number of aromatic nitrogens is 3. The molecule has 16 rings (SSSR count). The number of hydrogen-bond donors (Lipinski definition) is 4. The molecule has 2 saturated carbocycles. The van der Waals surface area contributed by atoms with Crippen LogP contribution in [0.4, 0.5) is 0 Å². The summed E-state index contributed by atoms with van der Waals surface area (Å²) in [6.07, 6.45) is 18.3. The average molecular weight is 1470 g/mol. The van der Waals surface area contributed by atoms with Gasteiger partial charge < -0.3 is 29.7 Å². The highest BCUT2D eigenvalue weighted by Gasteiger charge is 2.22. The molecule has 0 unspecified atom stereocenters. The van der Waals surface area contributed by atoms with Crippen molar-refractivity contribution in [3.63, 3.8) is 0 Å². The lowest BCUT2D eigenvalue weighted by Gasteiger charge is -2.23. The Labute approximate surface area is 607 Å². The summed E-state index contributed by atoms with van der Waals surface area (Å²) in [5, 5.41) is 31.4. The summed E-state index contributed by atoms with van der Waals surface area (Å²) in [6.45, 7) is 5.83. The van der Waals surface area contributed by atoms with E-state index in [-0.39, 0.29) is 47.6 Å². The third-order valence-electron chi connectivity index (χ3n) is 18.4. The van der Waals surface area contributed by atoms with E-state index < -0.39 is 0 Å². The molecular formula is C77H76Cl5N5O8S3. The van der Waals surface area contributed by atoms with Crippen LogP contribution in [0.25, 0.3) is 73.7 Å². The molecule has 5 aromatic heterocycles. The number of fused-ring (bicyclic) bond motifs is 5. The van der Waals surface area contributed by atoms with Gasteiger partial charge in [0.25, 0.3) is 0 Å². The zero-order valence-corrected chi connectivity index (χ0v) is 60.4. The molecule has 12 aromatic rings. The number of rotatable bonds is 9. The maximum Gasteiger partial charge on any atom is 0.346 e. The average Bonchev–Trinajstić information content (AvgIpc) is 1.48. The number of nitrogens with zero attached hydrogens (tertiary/aromatic N) is 3. The second-order valence-corrected chi connectivity index (χ2v) is 29.4. The van der Waals surface area contributed by atoms with Gasteiger partial charge in [0.05, 0.1) is 52.3 Å². The van der Waals surface area contributed by atoms with Crippen molar-refractivity contribution >= 4 is 158 Å².